The summed E-state index contributed by atoms with van der Waals surface area (Å²) in [6, 6.07) is 5.14. The van der Waals surface area contributed by atoms with Crippen LogP contribution in [0.4, 0.5) is 13.2 Å². The molecule has 0 spiro atoms. The van der Waals surface area contributed by atoms with Crippen LogP contribution in [0, 0.1) is 13.8 Å². The average molecular weight is 284 g/mol. The molecule has 20 heavy (non-hydrogen) atoms. The zero-order chi connectivity index (χ0) is 15.1. The molecule has 0 atom stereocenters. The topological polar surface area (TPSA) is 54.9 Å². The molecule has 2 aromatic rings. The fraction of sp³-hybridized carbons (Fsp3) is 0.231. The van der Waals surface area contributed by atoms with E-state index in [9.17, 15) is 22.8 Å². The second kappa shape index (κ2) is 4.66. The summed E-state index contributed by atoms with van der Waals surface area (Å²) < 4.78 is 38.1. The van der Waals surface area contributed by atoms with E-state index in [2.05, 4.69) is 0 Å². The van der Waals surface area contributed by atoms with Crippen LogP contribution >= 0.6 is 0 Å². The highest BCUT2D eigenvalue weighted by Gasteiger charge is 2.33. The van der Waals surface area contributed by atoms with Gasteiger partial charge in [0.05, 0.1) is 5.69 Å². The smallest absolute Gasteiger partial charge is 0.303 e. The molecule has 1 N–H and O–H groups in total. The third-order valence-electron chi connectivity index (χ3n) is 2.99. The van der Waals surface area contributed by atoms with Crippen LogP contribution in [0.1, 0.15) is 16.8 Å². The Morgan fingerprint density at radius 2 is 1.70 bits per heavy atom. The second-order valence-corrected chi connectivity index (χ2v) is 4.43. The lowest BCUT2D eigenvalue weighted by molar-refractivity contribution is -0.141. The van der Waals surface area contributed by atoms with Crippen molar-refractivity contribution in [2.75, 3.05) is 0 Å². The first-order chi connectivity index (χ1) is 9.20. The number of rotatable bonds is 1. The van der Waals surface area contributed by atoms with E-state index in [1.165, 1.54) is 6.07 Å². The van der Waals surface area contributed by atoms with Crippen molar-refractivity contribution in [1.29, 1.82) is 0 Å². The molecule has 4 nitrogen and oxygen atoms in total. The largest absolute Gasteiger partial charge is 0.431 e. The molecular weight excluding hydrogens is 273 g/mol. The molecule has 0 aliphatic carbocycles. The van der Waals surface area contributed by atoms with Gasteiger partial charge in [0.15, 0.2) is 0 Å². The average Bonchev–Trinajstić information content (AvgIpc) is 2.31. The molecule has 0 bridgehead atoms. The number of benzene rings is 1. The lowest BCUT2D eigenvalue weighted by Crippen LogP contribution is -2.35. The van der Waals surface area contributed by atoms with Gasteiger partial charge in [0.2, 0.25) is 0 Å². The van der Waals surface area contributed by atoms with E-state index in [1.54, 1.807) is 24.0 Å². The van der Waals surface area contributed by atoms with Gasteiger partial charge in [-0.15, -0.1) is 0 Å². The van der Waals surface area contributed by atoms with Crippen LogP contribution in [0.25, 0.3) is 5.69 Å². The molecular formula is C13H11F3N2O2. The standard InChI is InChI=1S/C13H11F3N2O2/c1-7-3-4-9(5-8(7)2)18-11(19)6-10(13(14,15)16)17-12(18)20/h3-6H,1-2H3,(H,17,20). The summed E-state index contributed by atoms with van der Waals surface area (Å²) in [7, 11) is 0. The zero-order valence-electron chi connectivity index (χ0n) is 10.7. The van der Waals surface area contributed by atoms with Crippen LogP contribution < -0.4 is 11.2 Å². The number of alkyl halides is 3. The molecule has 0 saturated carbocycles. The number of halogens is 3. The van der Waals surface area contributed by atoms with Gasteiger partial charge in [-0.3, -0.25) is 4.79 Å². The summed E-state index contributed by atoms with van der Waals surface area (Å²) in [5, 5.41) is 0. The van der Waals surface area contributed by atoms with Gasteiger partial charge in [-0.25, -0.2) is 9.36 Å². The van der Waals surface area contributed by atoms with E-state index >= 15 is 0 Å². The SMILES string of the molecule is Cc1ccc(-n2c(=O)cc(C(F)(F)F)[nH]c2=O)cc1C. The molecule has 106 valence electrons. The summed E-state index contributed by atoms with van der Waals surface area (Å²) >= 11 is 0. The van der Waals surface area contributed by atoms with Crippen molar-refractivity contribution in [2.45, 2.75) is 20.0 Å². The summed E-state index contributed by atoms with van der Waals surface area (Å²) in [5.74, 6) is 0. The van der Waals surface area contributed by atoms with Crippen LogP contribution in [-0.2, 0) is 6.18 Å². The molecule has 1 aromatic heterocycles. The van der Waals surface area contributed by atoms with Crippen LogP contribution in [0.15, 0.2) is 33.9 Å². The van der Waals surface area contributed by atoms with Gasteiger partial charge in [0.1, 0.15) is 5.69 Å². The van der Waals surface area contributed by atoms with Gasteiger partial charge >= 0.3 is 11.9 Å². The first-order valence-electron chi connectivity index (χ1n) is 5.71. The van der Waals surface area contributed by atoms with E-state index in [-0.39, 0.29) is 5.69 Å². The number of hydrogen-bond donors (Lipinski definition) is 1. The molecule has 0 amide bonds. The minimum atomic E-state index is -4.76. The lowest BCUT2D eigenvalue weighted by atomic mass is 10.1. The van der Waals surface area contributed by atoms with E-state index in [0.29, 0.717) is 10.6 Å². The van der Waals surface area contributed by atoms with Crippen molar-refractivity contribution in [3.63, 3.8) is 0 Å². The molecule has 0 saturated heterocycles. The van der Waals surface area contributed by atoms with Gasteiger partial charge in [0.25, 0.3) is 5.56 Å². The number of aryl methyl sites for hydroxylation is 2. The van der Waals surface area contributed by atoms with Crippen molar-refractivity contribution in [1.82, 2.24) is 9.55 Å². The third-order valence-corrected chi connectivity index (χ3v) is 2.99. The van der Waals surface area contributed by atoms with Crippen molar-refractivity contribution < 1.29 is 13.2 Å². The lowest BCUT2D eigenvalue weighted by Gasteiger charge is -2.10. The summed E-state index contributed by atoms with van der Waals surface area (Å²) in [4.78, 5) is 25.1. The Labute approximate surface area is 111 Å². The number of hydrogen-bond acceptors (Lipinski definition) is 2. The maximum absolute atomic E-state index is 12.5. The third kappa shape index (κ3) is 2.52. The van der Waals surface area contributed by atoms with Crippen LogP contribution in [0.3, 0.4) is 0 Å². The Bertz CT molecular complexity index is 741. The van der Waals surface area contributed by atoms with Gasteiger partial charge in [-0.2, -0.15) is 13.2 Å². The maximum Gasteiger partial charge on any atom is 0.431 e. The first kappa shape index (κ1) is 14.1. The van der Waals surface area contributed by atoms with Gasteiger partial charge in [-0.1, -0.05) is 6.07 Å². The molecule has 0 fully saturated rings. The molecule has 7 heteroatoms. The second-order valence-electron chi connectivity index (χ2n) is 4.43. The number of H-pyrrole nitrogens is 1. The van der Waals surface area contributed by atoms with E-state index in [0.717, 1.165) is 11.1 Å². The molecule has 0 aliphatic heterocycles. The summed E-state index contributed by atoms with van der Waals surface area (Å²) in [6.07, 6.45) is -4.76. The van der Waals surface area contributed by atoms with Gasteiger partial charge < -0.3 is 4.98 Å². The Morgan fingerprint density at radius 1 is 1.05 bits per heavy atom. The van der Waals surface area contributed by atoms with Crippen molar-refractivity contribution >= 4 is 0 Å². The van der Waals surface area contributed by atoms with E-state index in [1.807, 2.05) is 6.92 Å². The van der Waals surface area contributed by atoms with Crippen molar-refractivity contribution in [2.24, 2.45) is 0 Å². The molecule has 0 unspecified atom stereocenters. The molecule has 2 rings (SSSR count). The maximum atomic E-state index is 12.5. The molecule has 0 aliphatic rings. The fourth-order valence-electron chi connectivity index (χ4n) is 1.76. The van der Waals surface area contributed by atoms with Gasteiger partial charge in [-0.05, 0) is 37.1 Å². The Balaban J connectivity index is 2.68. The fourth-order valence-corrected chi connectivity index (χ4v) is 1.76. The number of nitrogens with one attached hydrogen (secondary N) is 1. The monoisotopic (exact) mass is 284 g/mol. The quantitative estimate of drug-likeness (QED) is 0.872. The highest BCUT2D eigenvalue weighted by Crippen LogP contribution is 2.25. The predicted molar refractivity (Wildman–Crippen MR) is 67.1 cm³/mol. The van der Waals surface area contributed by atoms with E-state index in [4.69, 9.17) is 0 Å². The Morgan fingerprint density at radius 3 is 2.20 bits per heavy atom. The van der Waals surface area contributed by atoms with Crippen LogP contribution in [0.5, 0.6) is 0 Å². The van der Waals surface area contributed by atoms with Crippen LogP contribution in [-0.4, -0.2) is 9.55 Å². The zero-order valence-corrected chi connectivity index (χ0v) is 10.7. The Hall–Kier alpha value is -2.31. The predicted octanol–water partition coefficient (Wildman–Crippen LogP) is 2.16. The highest BCUT2D eigenvalue weighted by atomic mass is 19.4. The first-order valence-corrected chi connectivity index (χ1v) is 5.71. The Kier molecular flexibility index (Phi) is 3.29. The number of aromatic nitrogens is 2. The van der Waals surface area contributed by atoms with E-state index < -0.39 is 23.1 Å². The minimum Gasteiger partial charge on any atom is -0.303 e. The van der Waals surface area contributed by atoms with Gasteiger partial charge in [0, 0.05) is 6.07 Å². The van der Waals surface area contributed by atoms with Crippen molar-refractivity contribution in [3.05, 3.63) is 61.9 Å². The number of nitrogens with zero attached hydrogens (tertiary/aromatic N) is 1. The highest BCUT2D eigenvalue weighted by molar-refractivity contribution is 5.39. The minimum absolute atomic E-state index is 0.230. The van der Waals surface area contributed by atoms with Crippen LogP contribution in [0.2, 0.25) is 0 Å². The summed E-state index contributed by atoms with van der Waals surface area (Å²) in [5.41, 5.74) is -1.49. The molecule has 0 radical (unpaired) electrons. The summed E-state index contributed by atoms with van der Waals surface area (Å²) in [6.45, 7) is 3.63. The molecule has 1 heterocycles. The van der Waals surface area contributed by atoms with Crippen molar-refractivity contribution in [3.8, 4) is 5.69 Å². The molecule has 1 aromatic carbocycles. The normalized spacial score (nSPS) is 11.7. The number of aromatic amines is 1.